The fraction of sp³-hybridized carbons (Fsp3) is 0.444. The molecule has 0 spiro atoms. The van der Waals surface area contributed by atoms with Crippen molar-refractivity contribution in [2.45, 2.75) is 32.4 Å². The predicted molar refractivity (Wildman–Crippen MR) is 91.7 cm³/mol. The quantitative estimate of drug-likeness (QED) is 0.882. The zero-order valence-corrected chi connectivity index (χ0v) is 14.1. The fourth-order valence-corrected chi connectivity index (χ4v) is 2.94. The minimum absolute atomic E-state index is 0.0473. The third kappa shape index (κ3) is 3.82. The average Bonchev–Trinajstić information content (AvgIpc) is 3.14. The highest BCUT2D eigenvalue weighted by Gasteiger charge is 2.15. The Bertz CT molecular complexity index is 671. The Hall–Kier alpha value is -2.21. The molecule has 1 saturated heterocycles. The molecule has 1 aromatic carbocycles. The molecule has 5 nitrogen and oxygen atoms in total. The maximum Gasteiger partial charge on any atom is 0.225 e. The van der Waals surface area contributed by atoms with Crippen LogP contribution in [-0.4, -0.2) is 30.2 Å². The van der Waals surface area contributed by atoms with E-state index in [0.717, 1.165) is 30.2 Å². The Morgan fingerprint density at radius 1 is 1.25 bits per heavy atom. The molecule has 128 valence electrons. The van der Waals surface area contributed by atoms with Crippen LogP contribution in [0.15, 0.2) is 30.6 Å². The number of anilines is 1. The fourth-order valence-electron chi connectivity index (χ4n) is 2.94. The van der Waals surface area contributed by atoms with E-state index in [2.05, 4.69) is 20.2 Å². The number of nitrogens with zero attached hydrogens (tertiary/aromatic N) is 3. The van der Waals surface area contributed by atoms with E-state index in [9.17, 15) is 4.39 Å². The van der Waals surface area contributed by atoms with Gasteiger partial charge in [0.05, 0.1) is 7.11 Å². The van der Waals surface area contributed by atoms with Gasteiger partial charge in [0.1, 0.15) is 11.6 Å². The topological polar surface area (TPSA) is 50.3 Å². The van der Waals surface area contributed by atoms with Crippen LogP contribution in [0.4, 0.5) is 10.3 Å². The first kappa shape index (κ1) is 16.6. The summed E-state index contributed by atoms with van der Waals surface area (Å²) in [6, 6.07) is 4.51. The van der Waals surface area contributed by atoms with Gasteiger partial charge in [0, 0.05) is 49.2 Å². The molecule has 2 aromatic rings. The highest BCUT2D eigenvalue weighted by molar-refractivity contribution is 5.36. The summed E-state index contributed by atoms with van der Waals surface area (Å²) in [5.41, 5.74) is 1.80. The van der Waals surface area contributed by atoms with Crippen LogP contribution in [0.5, 0.6) is 5.75 Å². The molecule has 3 rings (SSSR count). The van der Waals surface area contributed by atoms with E-state index in [1.54, 1.807) is 13.2 Å². The van der Waals surface area contributed by atoms with Crippen molar-refractivity contribution in [1.29, 1.82) is 0 Å². The van der Waals surface area contributed by atoms with E-state index in [1.165, 1.54) is 25.0 Å². The maximum atomic E-state index is 13.5. The Kier molecular flexibility index (Phi) is 5.25. The van der Waals surface area contributed by atoms with Gasteiger partial charge in [-0.05, 0) is 38.0 Å². The number of aromatic nitrogens is 2. The lowest BCUT2D eigenvalue weighted by Gasteiger charge is -2.18. The summed E-state index contributed by atoms with van der Waals surface area (Å²) in [6.07, 6.45) is 6.12. The smallest absolute Gasteiger partial charge is 0.225 e. The van der Waals surface area contributed by atoms with Gasteiger partial charge >= 0.3 is 0 Å². The summed E-state index contributed by atoms with van der Waals surface area (Å²) in [5.74, 6) is 1.21. The molecule has 24 heavy (non-hydrogen) atoms. The minimum Gasteiger partial charge on any atom is -0.496 e. The van der Waals surface area contributed by atoms with E-state index in [-0.39, 0.29) is 11.9 Å². The van der Waals surface area contributed by atoms with Crippen molar-refractivity contribution >= 4 is 5.95 Å². The van der Waals surface area contributed by atoms with Crippen molar-refractivity contribution in [2.24, 2.45) is 0 Å². The SMILES string of the molecule is COc1ccc(F)cc1[C@@H](C)NCc1cnc(N2CCCC2)nc1. The highest BCUT2D eigenvalue weighted by Crippen LogP contribution is 2.26. The zero-order chi connectivity index (χ0) is 16.9. The normalized spacial score (nSPS) is 15.5. The zero-order valence-electron chi connectivity index (χ0n) is 14.1. The number of nitrogens with one attached hydrogen (secondary N) is 1. The van der Waals surface area contributed by atoms with Crippen LogP contribution in [0.3, 0.4) is 0 Å². The molecular weight excluding hydrogens is 307 g/mol. The van der Waals surface area contributed by atoms with Crippen molar-refractivity contribution in [1.82, 2.24) is 15.3 Å². The van der Waals surface area contributed by atoms with Gasteiger partial charge in [0.2, 0.25) is 5.95 Å². The summed E-state index contributed by atoms with van der Waals surface area (Å²) < 4.78 is 18.8. The first-order valence-corrected chi connectivity index (χ1v) is 8.30. The van der Waals surface area contributed by atoms with Crippen molar-refractivity contribution in [2.75, 3.05) is 25.1 Å². The number of rotatable bonds is 6. The second-order valence-corrected chi connectivity index (χ2v) is 6.07. The van der Waals surface area contributed by atoms with Crippen LogP contribution in [0.1, 0.15) is 36.9 Å². The van der Waals surface area contributed by atoms with E-state index in [0.29, 0.717) is 12.3 Å². The third-order valence-corrected chi connectivity index (χ3v) is 4.35. The number of benzene rings is 1. The van der Waals surface area contributed by atoms with Gasteiger partial charge in [0.15, 0.2) is 0 Å². The first-order chi connectivity index (χ1) is 11.7. The van der Waals surface area contributed by atoms with Crippen LogP contribution in [0.2, 0.25) is 0 Å². The van der Waals surface area contributed by atoms with Gasteiger partial charge in [-0.15, -0.1) is 0 Å². The number of halogens is 1. The summed E-state index contributed by atoms with van der Waals surface area (Å²) >= 11 is 0. The van der Waals surface area contributed by atoms with Crippen LogP contribution in [-0.2, 0) is 6.54 Å². The largest absolute Gasteiger partial charge is 0.496 e. The monoisotopic (exact) mass is 330 g/mol. The third-order valence-electron chi connectivity index (χ3n) is 4.35. The van der Waals surface area contributed by atoms with Crippen molar-refractivity contribution in [3.05, 3.63) is 47.5 Å². The molecule has 0 amide bonds. The summed E-state index contributed by atoms with van der Waals surface area (Å²) in [7, 11) is 1.59. The van der Waals surface area contributed by atoms with Gasteiger partial charge in [0.25, 0.3) is 0 Å². The molecule has 0 unspecified atom stereocenters. The van der Waals surface area contributed by atoms with Gasteiger partial charge in [-0.2, -0.15) is 0 Å². The van der Waals surface area contributed by atoms with E-state index >= 15 is 0 Å². The van der Waals surface area contributed by atoms with Crippen LogP contribution in [0.25, 0.3) is 0 Å². The maximum absolute atomic E-state index is 13.5. The first-order valence-electron chi connectivity index (χ1n) is 8.30. The average molecular weight is 330 g/mol. The lowest BCUT2D eigenvalue weighted by molar-refractivity contribution is 0.399. The minimum atomic E-state index is -0.266. The second kappa shape index (κ2) is 7.57. The number of hydrogen-bond donors (Lipinski definition) is 1. The molecule has 0 aliphatic carbocycles. The molecule has 0 radical (unpaired) electrons. The van der Waals surface area contributed by atoms with Crippen LogP contribution >= 0.6 is 0 Å². The Labute approximate surface area is 141 Å². The lowest BCUT2D eigenvalue weighted by Crippen LogP contribution is -2.21. The van der Waals surface area contributed by atoms with E-state index < -0.39 is 0 Å². The molecule has 1 aliphatic heterocycles. The molecule has 6 heteroatoms. The summed E-state index contributed by atoms with van der Waals surface area (Å²) in [4.78, 5) is 11.1. The molecule has 1 fully saturated rings. The lowest BCUT2D eigenvalue weighted by atomic mass is 10.1. The number of hydrogen-bond acceptors (Lipinski definition) is 5. The second-order valence-electron chi connectivity index (χ2n) is 6.07. The van der Waals surface area contributed by atoms with Crippen molar-refractivity contribution in [3.8, 4) is 5.75 Å². The number of ether oxygens (including phenoxy) is 1. The molecule has 1 atom stereocenters. The summed E-state index contributed by atoms with van der Waals surface area (Å²) in [5, 5.41) is 3.37. The summed E-state index contributed by atoms with van der Waals surface area (Å²) in [6.45, 7) is 4.67. The van der Waals surface area contributed by atoms with Gasteiger partial charge < -0.3 is 15.0 Å². The van der Waals surface area contributed by atoms with Crippen molar-refractivity contribution in [3.63, 3.8) is 0 Å². The Morgan fingerprint density at radius 3 is 2.62 bits per heavy atom. The molecule has 0 bridgehead atoms. The molecule has 0 saturated carbocycles. The number of methoxy groups -OCH3 is 1. The van der Waals surface area contributed by atoms with Gasteiger partial charge in [-0.1, -0.05) is 0 Å². The van der Waals surface area contributed by atoms with Crippen LogP contribution in [0, 0.1) is 5.82 Å². The standard InChI is InChI=1S/C18H23FN4O/c1-13(16-9-15(19)5-6-17(16)24-2)20-10-14-11-21-18(22-12-14)23-7-3-4-8-23/h5-6,9,11-13,20H,3-4,7-8,10H2,1-2H3/t13-/m1/s1. The highest BCUT2D eigenvalue weighted by atomic mass is 19.1. The van der Waals surface area contributed by atoms with Crippen molar-refractivity contribution < 1.29 is 9.13 Å². The van der Waals surface area contributed by atoms with E-state index in [4.69, 9.17) is 4.74 Å². The van der Waals surface area contributed by atoms with Crippen LogP contribution < -0.4 is 15.0 Å². The molecule has 1 aromatic heterocycles. The Balaban J connectivity index is 1.61. The molecule has 1 N–H and O–H groups in total. The Morgan fingerprint density at radius 2 is 1.96 bits per heavy atom. The molecule has 2 heterocycles. The van der Waals surface area contributed by atoms with Gasteiger partial charge in [-0.25, -0.2) is 14.4 Å². The van der Waals surface area contributed by atoms with E-state index in [1.807, 2.05) is 19.3 Å². The predicted octanol–water partition coefficient (Wildman–Crippen LogP) is 3.08. The molecule has 1 aliphatic rings. The molecular formula is C18H23FN4O. The van der Waals surface area contributed by atoms with Gasteiger partial charge in [-0.3, -0.25) is 0 Å².